The third-order valence-electron chi connectivity index (χ3n) is 5.00. The third kappa shape index (κ3) is 4.15. The number of nitrogens with one attached hydrogen (secondary N) is 1. The van der Waals surface area contributed by atoms with Crippen molar-refractivity contribution in [1.29, 1.82) is 0 Å². The van der Waals surface area contributed by atoms with E-state index in [2.05, 4.69) is 22.4 Å². The molecule has 0 atom stereocenters. The number of aryl methyl sites for hydroxylation is 2. The minimum atomic E-state index is -0.347. The molecule has 1 amide bonds. The number of fused-ring (bicyclic) bond motifs is 1. The van der Waals surface area contributed by atoms with Crippen LogP contribution in [0.15, 0.2) is 70.2 Å². The number of nitrogens with zero attached hydrogens (tertiary/aromatic N) is 3. The van der Waals surface area contributed by atoms with E-state index in [4.69, 9.17) is 4.52 Å². The highest BCUT2D eigenvalue weighted by atomic mass is 16.5. The standard InChI is InChI=1S/C23H22N4O3/c1-2-16-8-10-18(11-9-16)20-21-22(30-26-20)23(29)27(15-25-21)13-12-19(28)24-14-17-6-4-3-5-7-17/h3-11,15H,2,12-14H2,1H3,(H,24,28). The van der Waals surface area contributed by atoms with Gasteiger partial charge in [0.05, 0.1) is 6.33 Å². The lowest BCUT2D eigenvalue weighted by Gasteiger charge is -2.07. The van der Waals surface area contributed by atoms with E-state index in [-0.39, 0.29) is 30.0 Å². The molecular formula is C23H22N4O3. The van der Waals surface area contributed by atoms with Crippen LogP contribution in [0.2, 0.25) is 0 Å². The number of hydrogen-bond acceptors (Lipinski definition) is 5. The Morgan fingerprint density at radius 1 is 1.07 bits per heavy atom. The first-order chi connectivity index (χ1) is 14.7. The van der Waals surface area contributed by atoms with Gasteiger partial charge in [0, 0.05) is 25.1 Å². The second-order valence-electron chi connectivity index (χ2n) is 7.01. The first-order valence-electron chi connectivity index (χ1n) is 9.90. The molecule has 152 valence electrons. The Hall–Kier alpha value is -3.74. The molecule has 0 aliphatic rings. The number of rotatable bonds is 7. The smallest absolute Gasteiger partial charge is 0.299 e. The summed E-state index contributed by atoms with van der Waals surface area (Å²) in [6.07, 6.45) is 2.55. The van der Waals surface area contributed by atoms with Crippen molar-refractivity contribution in [2.75, 3.05) is 0 Å². The van der Waals surface area contributed by atoms with Crippen LogP contribution < -0.4 is 10.9 Å². The van der Waals surface area contributed by atoms with E-state index in [9.17, 15) is 9.59 Å². The molecule has 30 heavy (non-hydrogen) atoms. The van der Waals surface area contributed by atoms with Gasteiger partial charge >= 0.3 is 0 Å². The lowest BCUT2D eigenvalue weighted by atomic mass is 10.1. The Balaban J connectivity index is 1.46. The molecule has 7 nitrogen and oxygen atoms in total. The second-order valence-corrected chi connectivity index (χ2v) is 7.01. The van der Waals surface area contributed by atoms with Crippen molar-refractivity contribution in [2.24, 2.45) is 0 Å². The van der Waals surface area contributed by atoms with E-state index >= 15 is 0 Å². The summed E-state index contributed by atoms with van der Waals surface area (Å²) in [5, 5.41) is 6.90. The van der Waals surface area contributed by atoms with Gasteiger partial charge in [0.25, 0.3) is 11.1 Å². The van der Waals surface area contributed by atoms with Crippen molar-refractivity contribution >= 4 is 17.0 Å². The number of carbonyl (C=O) groups excluding carboxylic acids is 1. The maximum atomic E-state index is 12.7. The highest BCUT2D eigenvalue weighted by Gasteiger charge is 2.16. The van der Waals surface area contributed by atoms with Crippen molar-refractivity contribution in [3.63, 3.8) is 0 Å². The molecule has 0 fully saturated rings. The van der Waals surface area contributed by atoms with E-state index in [0.29, 0.717) is 17.8 Å². The Bertz CT molecular complexity index is 1210. The Kier molecular flexibility index (Phi) is 5.70. The van der Waals surface area contributed by atoms with E-state index < -0.39 is 0 Å². The van der Waals surface area contributed by atoms with Crippen LogP contribution in [-0.2, 0) is 24.3 Å². The van der Waals surface area contributed by atoms with Crippen LogP contribution in [-0.4, -0.2) is 20.6 Å². The minimum absolute atomic E-state index is 0.0942. The number of benzene rings is 2. The molecule has 0 saturated heterocycles. The molecule has 4 rings (SSSR count). The molecule has 4 aromatic rings. The lowest BCUT2D eigenvalue weighted by molar-refractivity contribution is -0.121. The molecule has 0 aliphatic carbocycles. The average molecular weight is 402 g/mol. The number of carbonyl (C=O) groups is 1. The fraction of sp³-hybridized carbons (Fsp3) is 0.217. The summed E-state index contributed by atoms with van der Waals surface area (Å²) < 4.78 is 6.67. The third-order valence-corrected chi connectivity index (χ3v) is 5.00. The largest absolute Gasteiger partial charge is 0.352 e. The molecule has 0 radical (unpaired) electrons. The molecule has 2 aromatic heterocycles. The van der Waals surface area contributed by atoms with E-state index in [1.165, 1.54) is 16.5 Å². The summed E-state index contributed by atoms with van der Waals surface area (Å²) in [6, 6.07) is 17.6. The molecule has 0 spiro atoms. The molecule has 0 saturated carbocycles. The summed E-state index contributed by atoms with van der Waals surface area (Å²) in [7, 11) is 0. The van der Waals surface area contributed by atoms with Crippen molar-refractivity contribution < 1.29 is 9.32 Å². The second kappa shape index (κ2) is 8.73. The van der Waals surface area contributed by atoms with Gasteiger partial charge < -0.3 is 9.84 Å². The number of aromatic nitrogens is 3. The highest BCUT2D eigenvalue weighted by molar-refractivity contribution is 5.87. The Morgan fingerprint density at radius 3 is 2.57 bits per heavy atom. The van der Waals surface area contributed by atoms with Crippen LogP contribution in [0.3, 0.4) is 0 Å². The van der Waals surface area contributed by atoms with E-state index in [1.54, 1.807) is 0 Å². The van der Waals surface area contributed by atoms with E-state index in [0.717, 1.165) is 17.5 Å². The average Bonchev–Trinajstić information content (AvgIpc) is 3.23. The maximum absolute atomic E-state index is 12.7. The summed E-state index contributed by atoms with van der Waals surface area (Å²) in [5.74, 6) is -0.139. The zero-order chi connectivity index (χ0) is 20.9. The Labute approximate surface area is 173 Å². The predicted octanol–water partition coefficient (Wildman–Crippen LogP) is 3.32. The summed E-state index contributed by atoms with van der Waals surface area (Å²) in [4.78, 5) is 29.2. The fourth-order valence-electron chi connectivity index (χ4n) is 3.21. The topological polar surface area (TPSA) is 90.0 Å². The van der Waals surface area contributed by atoms with Crippen LogP contribution in [0, 0.1) is 0 Å². The predicted molar refractivity (Wildman–Crippen MR) is 114 cm³/mol. The van der Waals surface area contributed by atoms with Gasteiger partial charge in [-0.2, -0.15) is 0 Å². The zero-order valence-corrected chi connectivity index (χ0v) is 16.7. The molecule has 2 heterocycles. The first kappa shape index (κ1) is 19.6. The van der Waals surface area contributed by atoms with Gasteiger partial charge in [0.15, 0.2) is 0 Å². The van der Waals surface area contributed by atoms with Crippen molar-refractivity contribution in [3.8, 4) is 11.3 Å². The monoisotopic (exact) mass is 402 g/mol. The van der Waals surface area contributed by atoms with Crippen LogP contribution in [0.5, 0.6) is 0 Å². The van der Waals surface area contributed by atoms with Gasteiger partial charge in [-0.1, -0.05) is 66.7 Å². The highest BCUT2D eigenvalue weighted by Crippen LogP contribution is 2.24. The van der Waals surface area contributed by atoms with Crippen molar-refractivity contribution in [2.45, 2.75) is 32.9 Å². The zero-order valence-electron chi connectivity index (χ0n) is 16.7. The van der Waals surface area contributed by atoms with Crippen LogP contribution >= 0.6 is 0 Å². The fourth-order valence-corrected chi connectivity index (χ4v) is 3.21. The molecule has 1 N–H and O–H groups in total. The molecular weight excluding hydrogens is 380 g/mol. The van der Waals surface area contributed by atoms with Gasteiger partial charge in [0.1, 0.15) is 11.2 Å². The minimum Gasteiger partial charge on any atom is -0.352 e. The normalized spacial score (nSPS) is 11.0. The van der Waals surface area contributed by atoms with Gasteiger partial charge in [0.2, 0.25) is 5.91 Å². The first-order valence-corrected chi connectivity index (χ1v) is 9.90. The lowest BCUT2D eigenvalue weighted by Crippen LogP contribution is -2.27. The quantitative estimate of drug-likeness (QED) is 0.512. The molecule has 7 heteroatoms. The number of amides is 1. The summed E-state index contributed by atoms with van der Waals surface area (Å²) in [5.41, 5.74) is 3.79. The maximum Gasteiger partial charge on any atom is 0.299 e. The van der Waals surface area contributed by atoms with E-state index in [1.807, 2.05) is 54.6 Å². The molecule has 2 aromatic carbocycles. The van der Waals surface area contributed by atoms with Crippen LogP contribution in [0.25, 0.3) is 22.4 Å². The van der Waals surface area contributed by atoms with Crippen LogP contribution in [0.4, 0.5) is 0 Å². The molecule has 0 aliphatic heterocycles. The van der Waals surface area contributed by atoms with Gasteiger partial charge in [-0.3, -0.25) is 14.2 Å². The Morgan fingerprint density at radius 2 is 1.83 bits per heavy atom. The number of hydrogen-bond donors (Lipinski definition) is 1. The van der Waals surface area contributed by atoms with Crippen molar-refractivity contribution in [1.82, 2.24) is 20.0 Å². The van der Waals surface area contributed by atoms with Gasteiger partial charge in [-0.05, 0) is 17.5 Å². The van der Waals surface area contributed by atoms with Gasteiger partial charge in [-0.15, -0.1) is 0 Å². The molecule has 0 unspecified atom stereocenters. The molecule has 0 bridgehead atoms. The van der Waals surface area contributed by atoms with Crippen molar-refractivity contribution in [3.05, 3.63) is 82.4 Å². The van der Waals surface area contributed by atoms with Crippen LogP contribution in [0.1, 0.15) is 24.5 Å². The summed E-state index contributed by atoms with van der Waals surface area (Å²) in [6.45, 7) is 2.75. The summed E-state index contributed by atoms with van der Waals surface area (Å²) >= 11 is 0. The SMILES string of the molecule is CCc1ccc(-c2noc3c(=O)n(CCC(=O)NCc4ccccc4)cnc23)cc1. The van der Waals surface area contributed by atoms with Gasteiger partial charge in [-0.25, -0.2) is 4.98 Å².